The van der Waals surface area contributed by atoms with E-state index in [2.05, 4.69) is 20.8 Å². The van der Waals surface area contributed by atoms with Gasteiger partial charge in [-0.2, -0.15) is 0 Å². The third-order valence-corrected chi connectivity index (χ3v) is 2.42. The third kappa shape index (κ3) is 1.24. The molecule has 1 atom stereocenters. The highest BCUT2D eigenvalue weighted by Gasteiger charge is 2.29. The molecule has 1 aliphatic carbocycles. The van der Waals surface area contributed by atoms with Gasteiger partial charge >= 0.3 is 0 Å². The summed E-state index contributed by atoms with van der Waals surface area (Å²) in [5, 5.41) is 0. The molecule has 1 saturated carbocycles. The van der Waals surface area contributed by atoms with Crippen molar-refractivity contribution in [2.75, 3.05) is 0 Å². The molecule has 0 saturated heterocycles. The Kier molecular flexibility index (Phi) is 1.59. The van der Waals surface area contributed by atoms with Crippen molar-refractivity contribution in [1.82, 2.24) is 0 Å². The van der Waals surface area contributed by atoms with E-state index in [4.69, 9.17) is 0 Å². The monoisotopic (exact) mass is 112 g/mol. The topological polar surface area (TPSA) is 0 Å². The number of hydrogen-bond acceptors (Lipinski definition) is 0. The highest BCUT2D eigenvalue weighted by atomic mass is 14.3. The van der Waals surface area contributed by atoms with Crippen molar-refractivity contribution in [2.24, 2.45) is 17.8 Å². The Morgan fingerprint density at radius 3 is 1.75 bits per heavy atom. The molecule has 1 fully saturated rings. The molecule has 0 bridgehead atoms. The molecule has 0 heterocycles. The third-order valence-electron chi connectivity index (χ3n) is 2.42. The van der Waals surface area contributed by atoms with Crippen LogP contribution in [0.25, 0.3) is 0 Å². The fourth-order valence-electron chi connectivity index (χ4n) is 1.17. The maximum atomic E-state index is 2.38. The molecule has 0 aliphatic heterocycles. The summed E-state index contributed by atoms with van der Waals surface area (Å²) >= 11 is 0. The van der Waals surface area contributed by atoms with Crippen molar-refractivity contribution in [2.45, 2.75) is 33.6 Å². The van der Waals surface area contributed by atoms with Gasteiger partial charge in [-0.05, 0) is 30.6 Å². The van der Waals surface area contributed by atoms with Crippen molar-refractivity contribution in [3.05, 3.63) is 0 Å². The summed E-state index contributed by atoms with van der Waals surface area (Å²) in [4.78, 5) is 0. The van der Waals surface area contributed by atoms with Crippen LogP contribution in [0.4, 0.5) is 0 Å². The second kappa shape index (κ2) is 2.08. The first-order chi connectivity index (χ1) is 3.72. The zero-order chi connectivity index (χ0) is 6.15. The van der Waals surface area contributed by atoms with Crippen LogP contribution in [0.15, 0.2) is 0 Å². The van der Waals surface area contributed by atoms with Gasteiger partial charge < -0.3 is 0 Å². The molecule has 0 nitrogen and oxygen atoms in total. The molecule has 48 valence electrons. The van der Waals surface area contributed by atoms with E-state index in [9.17, 15) is 0 Å². The first-order valence-electron chi connectivity index (χ1n) is 3.72. The van der Waals surface area contributed by atoms with Gasteiger partial charge in [-0.15, -0.1) is 0 Å². The van der Waals surface area contributed by atoms with Crippen LogP contribution in [-0.2, 0) is 0 Å². The second-order valence-electron chi connectivity index (χ2n) is 3.44. The minimum atomic E-state index is 0.905. The number of hydrogen-bond donors (Lipinski definition) is 0. The van der Waals surface area contributed by atoms with Crippen LogP contribution < -0.4 is 0 Å². The number of rotatable bonds is 2. The highest BCUT2D eigenvalue weighted by Crippen LogP contribution is 2.39. The largest absolute Gasteiger partial charge is 0.0625 e. The van der Waals surface area contributed by atoms with Crippen molar-refractivity contribution < 1.29 is 0 Å². The minimum absolute atomic E-state index is 0.905. The van der Waals surface area contributed by atoms with Gasteiger partial charge in [0, 0.05) is 0 Å². The Morgan fingerprint density at radius 1 is 1.12 bits per heavy atom. The first kappa shape index (κ1) is 6.12. The van der Waals surface area contributed by atoms with E-state index in [1.165, 1.54) is 12.8 Å². The predicted octanol–water partition coefficient (Wildman–Crippen LogP) is 2.69. The summed E-state index contributed by atoms with van der Waals surface area (Å²) in [6, 6.07) is 0. The lowest BCUT2D eigenvalue weighted by molar-refractivity contribution is 0.372. The van der Waals surface area contributed by atoms with Crippen LogP contribution in [0.5, 0.6) is 0 Å². The van der Waals surface area contributed by atoms with Gasteiger partial charge in [-0.3, -0.25) is 0 Å². The van der Waals surface area contributed by atoms with E-state index in [-0.39, 0.29) is 0 Å². The van der Waals surface area contributed by atoms with E-state index >= 15 is 0 Å². The molecule has 0 heteroatoms. The molecular weight excluding hydrogens is 96.1 g/mol. The Hall–Kier alpha value is 0. The zero-order valence-electron chi connectivity index (χ0n) is 6.15. The Bertz CT molecular complexity index is 68.1. The van der Waals surface area contributed by atoms with Crippen LogP contribution in [0.3, 0.4) is 0 Å². The first-order valence-corrected chi connectivity index (χ1v) is 3.72. The van der Waals surface area contributed by atoms with Gasteiger partial charge in [0.1, 0.15) is 0 Å². The quantitative estimate of drug-likeness (QED) is 0.515. The molecule has 1 aliphatic rings. The lowest BCUT2D eigenvalue weighted by Gasteiger charge is -2.12. The fraction of sp³-hybridized carbons (Fsp3) is 1.00. The minimum Gasteiger partial charge on any atom is -0.0625 e. The van der Waals surface area contributed by atoms with Crippen LogP contribution in [0, 0.1) is 17.8 Å². The molecule has 0 aromatic heterocycles. The summed E-state index contributed by atoms with van der Waals surface area (Å²) in [5.74, 6) is 2.98. The lowest BCUT2D eigenvalue weighted by atomic mass is 9.93. The molecule has 0 spiro atoms. The molecule has 1 rings (SSSR count). The van der Waals surface area contributed by atoms with Crippen molar-refractivity contribution in [3.63, 3.8) is 0 Å². The Morgan fingerprint density at radius 2 is 1.62 bits per heavy atom. The smallest absolute Gasteiger partial charge is 0.0386 e. The van der Waals surface area contributed by atoms with Gasteiger partial charge in [-0.1, -0.05) is 20.8 Å². The molecule has 8 heavy (non-hydrogen) atoms. The Balaban J connectivity index is 2.22. The van der Waals surface area contributed by atoms with E-state index in [1.807, 2.05) is 0 Å². The average Bonchev–Trinajstić information content (AvgIpc) is 2.43. The zero-order valence-corrected chi connectivity index (χ0v) is 6.15. The lowest BCUT2D eigenvalue weighted by Crippen LogP contribution is -2.04. The molecule has 0 aromatic carbocycles. The Labute approximate surface area is 52.3 Å². The van der Waals surface area contributed by atoms with Crippen LogP contribution in [-0.4, -0.2) is 0 Å². The van der Waals surface area contributed by atoms with Crippen LogP contribution in [0.2, 0.25) is 0 Å². The predicted molar refractivity (Wildman–Crippen MR) is 36.7 cm³/mol. The summed E-state index contributed by atoms with van der Waals surface area (Å²) in [6.45, 7) is 7.02. The molecule has 0 aromatic rings. The van der Waals surface area contributed by atoms with Gasteiger partial charge in [-0.25, -0.2) is 0 Å². The van der Waals surface area contributed by atoms with Crippen molar-refractivity contribution in [3.8, 4) is 0 Å². The normalized spacial score (nSPS) is 24.0. The maximum Gasteiger partial charge on any atom is -0.0386 e. The summed E-state index contributed by atoms with van der Waals surface area (Å²) in [7, 11) is 0. The van der Waals surface area contributed by atoms with Gasteiger partial charge in [0.2, 0.25) is 0 Å². The molecule has 0 unspecified atom stereocenters. The van der Waals surface area contributed by atoms with Crippen LogP contribution >= 0.6 is 0 Å². The van der Waals surface area contributed by atoms with E-state index < -0.39 is 0 Å². The molecule has 0 N–H and O–H groups in total. The highest BCUT2D eigenvalue weighted by molar-refractivity contribution is 4.79. The van der Waals surface area contributed by atoms with Gasteiger partial charge in [0.15, 0.2) is 0 Å². The van der Waals surface area contributed by atoms with E-state index in [0.717, 1.165) is 17.8 Å². The van der Waals surface area contributed by atoms with Crippen LogP contribution in [0.1, 0.15) is 33.6 Å². The second-order valence-corrected chi connectivity index (χ2v) is 3.44. The van der Waals surface area contributed by atoms with E-state index in [0.29, 0.717) is 0 Å². The summed E-state index contributed by atoms with van der Waals surface area (Å²) in [6.07, 6.45) is 3.00. The van der Waals surface area contributed by atoms with Gasteiger partial charge in [0.25, 0.3) is 0 Å². The average molecular weight is 112 g/mol. The SMILES string of the molecule is CC(C)[C@H](C)C1CC1. The van der Waals surface area contributed by atoms with Crippen molar-refractivity contribution >= 4 is 0 Å². The van der Waals surface area contributed by atoms with Crippen molar-refractivity contribution in [1.29, 1.82) is 0 Å². The summed E-state index contributed by atoms with van der Waals surface area (Å²) < 4.78 is 0. The maximum absolute atomic E-state index is 2.38. The van der Waals surface area contributed by atoms with E-state index in [1.54, 1.807) is 0 Å². The summed E-state index contributed by atoms with van der Waals surface area (Å²) in [5.41, 5.74) is 0. The molecule has 0 amide bonds. The standard InChI is InChI=1S/C8H16/c1-6(2)7(3)8-4-5-8/h6-8H,4-5H2,1-3H3/t7-/m0/s1. The van der Waals surface area contributed by atoms with Gasteiger partial charge in [0.05, 0.1) is 0 Å². The molecule has 0 radical (unpaired) electrons. The molecular formula is C8H16. The fourth-order valence-corrected chi connectivity index (χ4v) is 1.17.